The SMILES string of the molecule is O=C(NNS(=O)(=O)c1cc(C(F)(F)F)cc(C(F)(F)F)c1)c1csc(COc2cc(Cl)cc(Cl)c2)n1. The summed E-state index contributed by atoms with van der Waals surface area (Å²) in [5.41, 5.74) is -2.29. The fourth-order valence-electron chi connectivity index (χ4n) is 2.56. The zero-order valence-electron chi connectivity index (χ0n) is 17.2. The van der Waals surface area contributed by atoms with Crippen molar-refractivity contribution in [1.82, 2.24) is 15.2 Å². The van der Waals surface area contributed by atoms with Crippen LogP contribution in [0.4, 0.5) is 26.3 Å². The number of benzene rings is 2. The van der Waals surface area contributed by atoms with E-state index in [1.54, 1.807) is 5.43 Å². The average Bonchev–Trinajstić information content (AvgIpc) is 3.23. The Kier molecular flexibility index (Phi) is 8.10. The van der Waals surface area contributed by atoms with Gasteiger partial charge >= 0.3 is 12.4 Å². The van der Waals surface area contributed by atoms with Crippen molar-refractivity contribution >= 4 is 50.5 Å². The van der Waals surface area contributed by atoms with Crippen LogP contribution in [0, 0.1) is 0 Å². The molecule has 0 aliphatic rings. The van der Waals surface area contributed by atoms with Crippen LogP contribution in [-0.4, -0.2) is 19.3 Å². The van der Waals surface area contributed by atoms with Gasteiger partial charge in [0, 0.05) is 15.4 Å². The number of carbonyl (C=O) groups is 1. The summed E-state index contributed by atoms with van der Waals surface area (Å²) in [7, 11) is -5.03. The van der Waals surface area contributed by atoms with Gasteiger partial charge in [0.15, 0.2) is 0 Å². The third-order valence-corrected chi connectivity index (χ3v) is 6.64. The lowest BCUT2D eigenvalue weighted by Crippen LogP contribution is -2.41. The van der Waals surface area contributed by atoms with Gasteiger partial charge in [0.25, 0.3) is 15.9 Å². The first kappa shape index (κ1) is 28.0. The maximum absolute atomic E-state index is 13.0. The number of hydrogen-bond donors (Lipinski definition) is 2. The van der Waals surface area contributed by atoms with Crippen LogP contribution < -0.4 is 15.0 Å². The van der Waals surface area contributed by atoms with E-state index in [2.05, 4.69) is 4.98 Å². The van der Waals surface area contributed by atoms with E-state index in [0.29, 0.717) is 15.8 Å². The number of amides is 1. The molecular weight excluding hydrogens is 583 g/mol. The van der Waals surface area contributed by atoms with Crippen molar-refractivity contribution in [2.24, 2.45) is 0 Å². The molecule has 3 rings (SSSR count). The minimum Gasteiger partial charge on any atom is -0.486 e. The predicted octanol–water partition coefficient (Wildman–Crippen LogP) is 5.69. The van der Waals surface area contributed by atoms with Gasteiger partial charge in [0.1, 0.15) is 23.1 Å². The Labute approximate surface area is 213 Å². The van der Waals surface area contributed by atoms with Crippen LogP contribution in [0.15, 0.2) is 46.7 Å². The molecule has 0 aliphatic heterocycles. The average molecular weight is 594 g/mol. The van der Waals surface area contributed by atoms with Gasteiger partial charge in [0.05, 0.1) is 16.0 Å². The molecule has 7 nitrogen and oxygen atoms in total. The highest BCUT2D eigenvalue weighted by Crippen LogP contribution is 2.37. The molecule has 2 aromatic carbocycles. The first-order valence-corrected chi connectivity index (χ1v) is 12.3. The summed E-state index contributed by atoms with van der Waals surface area (Å²) in [6.45, 7) is -0.120. The second kappa shape index (κ2) is 10.4. The first-order chi connectivity index (χ1) is 16.5. The number of halogens is 8. The van der Waals surface area contributed by atoms with Gasteiger partial charge in [-0.25, -0.2) is 13.4 Å². The molecule has 0 saturated heterocycles. The molecule has 36 heavy (non-hydrogen) atoms. The second-order valence-corrected chi connectivity index (χ2v) is 10.3. The van der Waals surface area contributed by atoms with E-state index in [4.69, 9.17) is 27.9 Å². The Hall–Kier alpha value is -2.59. The maximum Gasteiger partial charge on any atom is 0.416 e. The molecule has 0 spiro atoms. The molecule has 0 radical (unpaired) electrons. The van der Waals surface area contributed by atoms with Crippen molar-refractivity contribution in [2.75, 3.05) is 0 Å². The molecule has 0 unspecified atom stereocenters. The van der Waals surface area contributed by atoms with Gasteiger partial charge in [-0.05, 0) is 36.4 Å². The number of ether oxygens (including phenoxy) is 1. The van der Waals surface area contributed by atoms with Crippen LogP contribution in [0.2, 0.25) is 10.0 Å². The number of thiazole rings is 1. The van der Waals surface area contributed by atoms with E-state index in [9.17, 15) is 39.6 Å². The van der Waals surface area contributed by atoms with E-state index in [-0.39, 0.29) is 35.5 Å². The highest BCUT2D eigenvalue weighted by atomic mass is 35.5. The van der Waals surface area contributed by atoms with E-state index in [0.717, 1.165) is 11.3 Å². The largest absolute Gasteiger partial charge is 0.486 e. The maximum atomic E-state index is 13.0. The number of alkyl halides is 6. The van der Waals surface area contributed by atoms with Crippen LogP contribution in [0.25, 0.3) is 0 Å². The summed E-state index contributed by atoms with van der Waals surface area (Å²) in [5.74, 6) is -0.823. The van der Waals surface area contributed by atoms with Crippen molar-refractivity contribution < 1.29 is 44.3 Å². The lowest BCUT2D eigenvalue weighted by Gasteiger charge is -2.15. The Morgan fingerprint density at radius 3 is 2.03 bits per heavy atom. The summed E-state index contributed by atoms with van der Waals surface area (Å²) in [4.78, 5) is 16.2. The number of sulfonamides is 1. The summed E-state index contributed by atoms with van der Waals surface area (Å²) in [5, 5.41) is 2.12. The molecule has 0 bridgehead atoms. The summed E-state index contributed by atoms with van der Waals surface area (Å²) < 4.78 is 108. The zero-order valence-corrected chi connectivity index (χ0v) is 20.3. The number of rotatable bonds is 7. The predicted molar refractivity (Wildman–Crippen MR) is 117 cm³/mol. The number of nitrogens with one attached hydrogen (secondary N) is 2. The molecule has 1 heterocycles. The van der Waals surface area contributed by atoms with Crippen molar-refractivity contribution in [2.45, 2.75) is 23.9 Å². The smallest absolute Gasteiger partial charge is 0.416 e. The quantitative estimate of drug-likeness (QED) is 0.271. The van der Waals surface area contributed by atoms with Gasteiger partial charge in [-0.2, -0.15) is 26.3 Å². The van der Waals surface area contributed by atoms with E-state index >= 15 is 0 Å². The number of aromatic nitrogens is 1. The van der Waals surface area contributed by atoms with Gasteiger partial charge in [-0.3, -0.25) is 10.2 Å². The Morgan fingerprint density at radius 2 is 1.50 bits per heavy atom. The molecule has 0 aliphatic carbocycles. The van der Waals surface area contributed by atoms with Crippen molar-refractivity contribution in [3.05, 3.63) is 73.7 Å². The van der Waals surface area contributed by atoms with Gasteiger partial charge < -0.3 is 4.74 Å². The number of nitrogens with zero attached hydrogens (tertiary/aromatic N) is 1. The summed E-state index contributed by atoms with van der Waals surface area (Å²) in [6, 6.07) is 4.21. The molecular formula is C19H11Cl2F6N3O4S2. The molecule has 0 saturated carbocycles. The molecule has 2 N–H and O–H groups in total. The molecule has 3 aromatic rings. The van der Waals surface area contributed by atoms with Crippen LogP contribution in [0.1, 0.15) is 26.6 Å². The summed E-state index contributed by atoms with van der Waals surface area (Å²) in [6.07, 6.45) is -10.5. The second-order valence-electron chi connectivity index (χ2n) is 6.82. The molecule has 1 aromatic heterocycles. The van der Waals surface area contributed by atoms with Crippen LogP contribution in [0.3, 0.4) is 0 Å². The van der Waals surface area contributed by atoms with E-state index in [1.807, 2.05) is 0 Å². The Bertz CT molecular complexity index is 1340. The first-order valence-electron chi connectivity index (χ1n) is 9.19. The highest BCUT2D eigenvalue weighted by Gasteiger charge is 2.38. The topological polar surface area (TPSA) is 97.4 Å². The normalized spacial score (nSPS) is 12.4. The van der Waals surface area contributed by atoms with Gasteiger partial charge in [-0.15, -0.1) is 16.2 Å². The highest BCUT2D eigenvalue weighted by molar-refractivity contribution is 7.89. The molecule has 0 atom stereocenters. The monoisotopic (exact) mass is 593 g/mol. The minimum atomic E-state index is -5.26. The van der Waals surface area contributed by atoms with Gasteiger partial charge in [0.2, 0.25) is 0 Å². The Balaban J connectivity index is 1.71. The number of hydrogen-bond acceptors (Lipinski definition) is 6. The zero-order chi connectivity index (χ0) is 26.9. The fourth-order valence-corrected chi connectivity index (χ4v) is 4.66. The standard InChI is InChI=1S/C19H11Cl2F6N3O4S2/c20-11-4-12(21)6-13(5-11)34-7-16-28-15(8-35-16)17(31)29-30-36(32,33)14-2-9(18(22,23)24)1-10(3-14)19(25,26)27/h1-6,8,30H,7H2,(H,29,31). The van der Waals surface area contributed by atoms with Crippen molar-refractivity contribution in [1.29, 1.82) is 0 Å². The Morgan fingerprint density at radius 1 is 0.944 bits per heavy atom. The number of carbonyl (C=O) groups excluding carboxylic acids is 1. The fraction of sp³-hybridized carbons (Fsp3) is 0.158. The molecule has 0 fully saturated rings. The number of hydrazine groups is 1. The molecule has 17 heteroatoms. The van der Waals surface area contributed by atoms with E-state index in [1.165, 1.54) is 28.4 Å². The van der Waals surface area contributed by atoms with Crippen LogP contribution >= 0.6 is 34.5 Å². The van der Waals surface area contributed by atoms with E-state index < -0.39 is 44.3 Å². The molecule has 1 amide bonds. The van der Waals surface area contributed by atoms with Gasteiger partial charge in [-0.1, -0.05) is 23.2 Å². The third-order valence-electron chi connectivity index (χ3n) is 4.15. The van der Waals surface area contributed by atoms with Crippen molar-refractivity contribution in [3.8, 4) is 5.75 Å². The lowest BCUT2D eigenvalue weighted by atomic mass is 10.1. The van der Waals surface area contributed by atoms with Crippen molar-refractivity contribution in [3.63, 3.8) is 0 Å². The van der Waals surface area contributed by atoms with Crippen LogP contribution in [-0.2, 0) is 29.0 Å². The third kappa shape index (κ3) is 7.22. The lowest BCUT2D eigenvalue weighted by molar-refractivity contribution is -0.143. The summed E-state index contributed by atoms with van der Waals surface area (Å²) >= 11 is 12.7. The minimum absolute atomic E-state index is 0.00408. The molecule has 194 valence electrons. The van der Waals surface area contributed by atoms with Crippen LogP contribution in [0.5, 0.6) is 5.75 Å².